The number of carbonyl (C=O) groups excluding carboxylic acids is 1. The van der Waals surface area contributed by atoms with Gasteiger partial charge in [0.1, 0.15) is 5.82 Å². The standard InChI is InChI=1S/C25H31N5O3/c1-2-3-15-29-23-12-11-20(26-25(31)19-9-8-10-21(16-19)30(32)33)17-22(23)27-24(29)18-28-13-6-4-5-7-14-28/h8-12,16-17H,2-7,13-15,18H2,1H3,(H,26,31). The van der Waals surface area contributed by atoms with E-state index in [1.54, 1.807) is 6.07 Å². The molecule has 4 rings (SSSR count). The van der Waals surface area contributed by atoms with E-state index < -0.39 is 4.92 Å². The number of nitro groups is 1. The molecule has 1 aromatic heterocycles. The molecule has 0 atom stereocenters. The number of aromatic nitrogens is 2. The molecule has 174 valence electrons. The van der Waals surface area contributed by atoms with Gasteiger partial charge in [0, 0.05) is 29.9 Å². The van der Waals surface area contributed by atoms with Crippen molar-refractivity contribution in [2.75, 3.05) is 18.4 Å². The summed E-state index contributed by atoms with van der Waals surface area (Å²) in [5.74, 6) is 0.691. The van der Waals surface area contributed by atoms with Crippen molar-refractivity contribution >= 4 is 28.3 Å². The Morgan fingerprint density at radius 3 is 2.64 bits per heavy atom. The second-order valence-corrected chi connectivity index (χ2v) is 8.69. The van der Waals surface area contributed by atoms with Gasteiger partial charge in [0.2, 0.25) is 0 Å². The number of imidazole rings is 1. The lowest BCUT2D eigenvalue weighted by atomic mass is 10.2. The molecule has 1 saturated heterocycles. The molecule has 1 N–H and O–H groups in total. The first-order valence-corrected chi connectivity index (χ1v) is 11.8. The maximum absolute atomic E-state index is 12.7. The number of likely N-dealkylation sites (tertiary alicyclic amines) is 1. The molecule has 1 aliphatic rings. The van der Waals surface area contributed by atoms with Crippen LogP contribution in [0.1, 0.15) is 61.6 Å². The average molecular weight is 450 g/mol. The Hall–Kier alpha value is -3.26. The van der Waals surface area contributed by atoms with Crippen LogP contribution >= 0.6 is 0 Å². The van der Waals surface area contributed by atoms with E-state index in [2.05, 4.69) is 21.7 Å². The van der Waals surface area contributed by atoms with Gasteiger partial charge in [-0.15, -0.1) is 0 Å². The highest BCUT2D eigenvalue weighted by atomic mass is 16.6. The smallest absolute Gasteiger partial charge is 0.270 e. The first kappa shape index (κ1) is 22.9. The van der Waals surface area contributed by atoms with E-state index in [0.29, 0.717) is 5.69 Å². The van der Waals surface area contributed by atoms with Crippen LogP contribution < -0.4 is 5.32 Å². The Morgan fingerprint density at radius 1 is 1.12 bits per heavy atom. The number of benzene rings is 2. The van der Waals surface area contributed by atoms with E-state index in [0.717, 1.165) is 55.9 Å². The van der Waals surface area contributed by atoms with Crippen LogP contribution in [-0.4, -0.2) is 38.4 Å². The Kier molecular flexibility index (Phi) is 7.34. The van der Waals surface area contributed by atoms with Gasteiger partial charge in [-0.1, -0.05) is 32.3 Å². The monoisotopic (exact) mass is 449 g/mol. The number of nitrogens with zero attached hydrogens (tertiary/aromatic N) is 4. The molecule has 0 aliphatic carbocycles. The predicted octanol–water partition coefficient (Wildman–Crippen LogP) is 5.37. The number of anilines is 1. The molecule has 33 heavy (non-hydrogen) atoms. The minimum Gasteiger partial charge on any atom is -0.327 e. The molecular formula is C25H31N5O3. The number of aryl methyl sites for hydroxylation is 1. The highest BCUT2D eigenvalue weighted by Gasteiger charge is 2.17. The number of nitrogens with one attached hydrogen (secondary N) is 1. The number of carbonyl (C=O) groups is 1. The topological polar surface area (TPSA) is 93.3 Å². The fraction of sp³-hybridized carbons (Fsp3) is 0.440. The summed E-state index contributed by atoms with van der Waals surface area (Å²) >= 11 is 0. The van der Waals surface area contributed by atoms with Crippen molar-refractivity contribution in [2.45, 2.75) is 58.5 Å². The third-order valence-electron chi connectivity index (χ3n) is 6.20. The van der Waals surface area contributed by atoms with Crippen LogP contribution in [0.3, 0.4) is 0 Å². The van der Waals surface area contributed by atoms with Crippen LogP contribution in [0.2, 0.25) is 0 Å². The van der Waals surface area contributed by atoms with E-state index in [1.807, 2.05) is 18.2 Å². The lowest BCUT2D eigenvalue weighted by Crippen LogP contribution is -2.26. The minimum atomic E-state index is -0.502. The van der Waals surface area contributed by atoms with Crippen LogP contribution in [0.4, 0.5) is 11.4 Å². The molecule has 1 amide bonds. The highest BCUT2D eigenvalue weighted by Crippen LogP contribution is 2.24. The van der Waals surface area contributed by atoms with E-state index in [4.69, 9.17) is 4.98 Å². The number of nitro benzene ring substituents is 1. The summed E-state index contributed by atoms with van der Waals surface area (Å²) in [6, 6.07) is 11.5. The molecule has 8 heteroatoms. The number of amides is 1. The van der Waals surface area contributed by atoms with Crippen LogP contribution in [0.5, 0.6) is 0 Å². The first-order valence-electron chi connectivity index (χ1n) is 11.8. The average Bonchev–Trinajstić information content (AvgIpc) is 2.96. The van der Waals surface area contributed by atoms with Crippen molar-refractivity contribution in [3.05, 3.63) is 64.0 Å². The van der Waals surface area contributed by atoms with Crippen molar-refractivity contribution in [3.63, 3.8) is 0 Å². The summed E-state index contributed by atoms with van der Waals surface area (Å²) in [5, 5.41) is 13.9. The summed E-state index contributed by atoms with van der Waals surface area (Å²) in [7, 11) is 0. The van der Waals surface area contributed by atoms with Gasteiger partial charge in [-0.3, -0.25) is 19.8 Å². The molecule has 2 heterocycles. The van der Waals surface area contributed by atoms with Crippen LogP contribution in [0.25, 0.3) is 11.0 Å². The van der Waals surface area contributed by atoms with Gasteiger partial charge in [-0.2, -0.15) is 0 Å². The highest BCUT2D eigenvalue weighted by molar-refractivity contribution is 6.05. The predicted molar refractivity (Wildman–Crippen MR) is 129 cm³/mol. The second kappa shape index (κ2) is 10.6. The zero-order valence-electron chi connectivity index (χ0n) is 19.1. The summed E-state index contributed by atoms with van der Waals surface area (Å²) in [5.41, 5.74) is 2.69. The molecule has 1 fully saturated rings. The van der Waals surface area contributed by atoms with Crippen LogP contribution in [0.15, 0.2) is 42.5 Å². The number of unbranched alkanes of at least 4 members (excludes halogenated alkanes) is 1. The maximum Gasteiger partial charge on any atom is 0.270 e. The second-order valence-electron chi connectivity index (χ2n) is 8.69. The molecular weight excluding hydrogens is 418 g/mol. The third kappa shape index (κ3) is 5.57. The van der Waals surface area contributed by atoms with Gasteiger partial charge < -0.3 is 9.88 Å². The summed E-state index contributed by atoms with van der Waals surface area (Å²) in [4.78, 5) is 30.6. The zero-order valence-corrected chi connectivity index (χ0v) is 19.1. The van der Waals surface area contributed by atoms with Gasteiger partial charge >= 0.3 is 0 Å². The molecule has 0 spiro atoms. The lowest BCUT2D eigenvalue weighted by molar-refractivity contribution is -0.384. The van der Waals surface area contributed by atoms with Crippen molar-refractivity contribution < 1.29 is 9.72 Å². The van der Waals surface area contributed by atoms with Crippen molar-refractivity contribution in [3.8, 4) is 0 Å². The van der Waals surface area contributed by atoms with Gasteiger partial charge in [-0.25, -0.2) is 4.98 Å². The van der Waals surface area contributed by atoms with Gasteiger partial charge in [0.05, 0.1) is 22.5 Å². The molecule has 1 aliphatic heterocycles. The lowest BCUT2D eigenvalue weighted by Gasteiger charge is -2.20. The van der Waals surface area contributed by atoms with Crippen molar-refractivity contribution in [2.24, 2.45) is 0 Å². The summed E-state index contributed by atoms with van der Waals surface area (Å²) < 4.78 is 2.32. The molecule has 0 saturated carbocycles. The number of non-ortho nitro benzene ring substituents is 1. The fourth-order valence-corrected chi connectivity index (χ4v) is 4.40. The molecule has 0 bridgehead atoms. The number of fused-ring (bicyclic) bond motifs is 1. The number of rotatable bonds is 8. The summed E-state index contributed by atoms with van der Waals surface area (Å²) in [6.45, 7) is 6.18. The largest absolute Gasteiger partial charge is 0.327 e. The molecule has 3 aromatic rings. The first-order chi connectivity index (χ1) is 16.0. The van der Waals surface area contributed by atoms with Crippen molar-refractivity contribution in [1.29, 1.82) is 0 Å². The molecule has 2 aromatic carbocycles. The third-order valence-corrected chi connectivity index (χ3v) is 6.20. The van der Waals surface area contributed by atoms with E-state index in [9.17, 15) is 14.9 Å². The van der Waals surface area contributed by atoms with Gasteiger partial charge in [0.25, 0.3) is 11.6 Å². The van der Waals surface area contributed by atoms with Gasteiger partial charge in [0.15, 0.2) is 0 Å². The van der Waals surface area contributed by atoms with Crippen molar-refractivity contribution in [1.82, 2.24) is 14.5 Å². The minimum absolute atomic E-state index is 0.106. The van der Waals surface area contributed by atoms with E-state index in [1.165, 1.54) is 43.9 Å². The Morgan fingerprint density at radius 2 is 1.91 bits per heavy atom. The number of hydrogen-bond acceptors (Lipinski definition) is 5. The quantitative estimate of drug-likeness (QED) is 0.368. The zero-order chi connectivity index (χ0) is 23.2. The maximum atomic E-state index is 12.7. The Labute approximate surface area is 193 Å². The SMILES string of the molecule is CCCCn1c(CN2CCCCCC2)nc2cc(NC(=O)c3cccc([N+](=O)[O-])c3)ccc21. The van der Waals surface area contributed by atoms with Crippen LogP contribution in [-0.2, 0) is 13.1 Å². The molecule has 0 radical (unpaired) electrons. The normalized spacial score (nSPS) is 14.8. The molecule has 8 nitrogen and oxygen atoms in total. The van der Waals surface area contributed by atoms with E-state index in [-0.39, 0.29) is 17.2 Å². The van der Waals surface area contributed by atoms with E-state index >= 15 is 0 Å². The Bertz CT molecular complexity index is 1130. The Balaban J connectivity index is 1.57. The summed E-state index contributed by atoms with van der Waals surface area (Å²) in [6.07, 6.45) is 7.28. The van der Waals surface area contributed by atoms with Gasteiger partial charge in [-0.05, 0) is 56.6 Å². The fourth-order valence-electron chi connectivity index (χ4n) is 4.40. The van der Waals surface area contributed by atoms with Crippen LogP contribution in [0, 0.1) is 10.1 Å². The molecule has 0 unspecified atom stereocenters. The number of hydrogen-bond donors (Lipinski definition) is 1.